The first-order valence-corrected chi connectivity index (χ1v) is 7.93. The Morgan fingerprint density at radius 3 is 2.52 bits per heavy atom. The van der Waals surface area contributed by atoms with Gasteiger partial charge in [0.1, 0.15) is 5.82 Å². The Morgan fingerprint density at radius 1 is 1.04 bits per heavy atom. The van der Waals surface area contributed by atoms with Crippen LogP contribution in [0.1, 0.15) is 37.3 Å². The van der Waals surface area contributed by atoms with E-state index in [0.29, 0.717) is 16.7 Å². The van der Waals surface area contributed by atoms with Gasteiger partial charge in [0.15, 0.2) is 0 Å². The van der Waals surface area contributed by atoms with Crippen molar-refractivity contribution < 1.29 is 0 Å². The van der Waals surface area contributed by atoms with Gasteiger partial charge in [-0.2, -0.15) is 0 Å². The largest absolute Gasteiger partial charge is 0.309 e. The van der Waals surface area contributed by atoms with Gasteiger partial charge in [0.2, 0.25) is 0 Å². The Hall–Kier alpha value is -2.17. The Balaban J connectivity index is 1.87. The van der Waals surface area contributed by atoms with Gasteiger partial charge >= 0.3 is 0 Å². The zero-order chi connectivity index (χ0) is 16.4. The number of halogens is 1. The van der Waals surface area contributed by atoms with Crippen molar-refractivity contribution in [3.8, 4) is 0 Å². The Bertz CT molecular complexity index is 891. The van der Waals surface area contributed by atoms with Crippen molar-refractivity contribution in [3.05, 3.63) is 75.3 Å². The van der Waals surface area contributed by atoms with Gasteiger partial charge in [0, 0.05) is 11.1 Å². The lowest BCUT2D eigenvalue weighted by Crippen LogP contribution is -2.26. The van der Waals surface area contributed by atoms with Gasteiger partial charge in [0.05, 0.1) is 16.9 Å². The second kappa shape index (κ2) is 6.52. The van der Waals surface area contributed by atoms with E-state index in [1.54, 1.807) is 6.07 Å². The van der Waals surface area contributed by atoms with Crippen LogP contribution in [0.15, 0.2) is 53.3 Å². The number of benzene rings is 2. The zero-order valence-electron chi connectivity index (χ0n) is 13.0. The molecule has 0 bridgehead atoms. The molecule has 0 saturated heterocycles. The summed E-state index contributed by atoms with van der Waals surface area (Å²) in [5.74, 6) is 0.618. The van der Waals surface area contributed by atoms with Crippen LogP contribution in [0.4, 0.5) is 0 Å². The van der Waals surface area contributed by atoms with E-state index < -0.39 is 0 Å². The van der Waals surface area contributed by atoms with Crippen LogP contribution in [0.5, 0.6) is 0 Å². The molecule has 0 radical (unpaired) electrons. The van der Waals surface area contributed by atoms with Crippen LogP contribution in [-0.4, -0.2) is 9.97 Å². The molecule has 3 rings (SSSR count). The van der Waals surface area contributed by atoms with Crippen LogP contribution in [0.3, 0.4) is 0 Å². The molecular formula is C18H18ClN3O. The lowest BCUT2D eigenvalue weighted by molar-refractivity contribution is 0.477. The number of H-pyrrole nitrogens is 1. The van der Waals surface area contributed by atoms with Crippen LogP contribution in [0.25, 0.3) is 10.9 Å². The second-order valence-electron chi connectivity index (χ2n) is 5.60. The SMILES string of the molecule is C[C@@H](N[C@H](C)c1ccccc1Cl)c1nc2ccccc2c(=O)[nH]1. The van der Waals surface area contributed by atoms with E-state index in [1.165, 1.54) is 0 Å². The molecule has 2 N–H and O–H groups in total. The highest BCUT2D eigenvalue weighted by atomic mass is 35.5. The highest BCUT2D eigenvalue weighted by molar-refractivity contribution is 6.31. The summed E-state index contributed by atoms with van der Waals surface area (Å²) < 4.78 is 0. The molecular weight excluding hydrogens is 310 g/mol. The average Bonchev–Trinajstić information content (AvgIpc) is 2.55. The Labute approximate surface area is 139 Å². The van der Waals surface area contributed by atoms with Crippen LogP contribution >= 0.6 is 11.6 Å². The molecule has 4 nitrogen and oxygen atoms in total. The number of nitrogens with zero attached hydrogens (tertiary/aromatic N) is 1. The van der Waals surface area contributed by atoms with E-state index in [-0.39, 0.29) is 17.6 Å². The number of aromatic amines is 1. The van der Waals surface area contributed by atoms with Gasteiger partial charge in [-0.3, -0.25) is 4.79 Å². The maximum atomic E-state index is 12.2. The van der Waals surface area contributed by atoms with Crippen molar-refractivity contribution in [3.63, 3.8) is 0 Å². The zero-order valence-corrected chi connectivity index (χ0v) is 13.8. The molecule has 118 valence electrons. The number of rotatable bonds is 4. The van der Waals surface area contributed by atoms with Crippen LogP contribution in [0, 0.1) is 0 Å². The average molecular weight is 328 g/mol. The summed E-state index contributed by atoms with van der Waals surface area (Å²) in [6.07, 6.45) is 0. The number of aromatic nitrogens is 2. The topological polar surface area (TPSA) is 57.8 Å². The molecule has 5 heteroatoms. The van der Waals surface area contributed by atoms with E-state index in [9.17, 15) is 4.79 Å². The van der Waals surface area contributed by atoms with E-state index >= 15 is 0 Å². The summed E-state index contributed by atoms with van der Waals surface area (Å²) in [4.78, 5) is 19.6. The maximum absolute atomic E-state index is 12.2. The number of fused-ring (bicyclic) bond motifs is 1. The van der Waals surface area contributed by atoms with Crippen LogP contribution in [0.2, 0.25) is 5.02 Å². The van der Waals surface area contributed by atoms with Crippen molar-refractivity contribution >= 4 is 22.5 Å². The van der Waals surface area contributed by atoms with Gasteiger partial charge in [-0.05, 0) is 37.6 Å². The minimum absolute atomic E-state index is 0.0375. The molecule has 0 aliphatic heterocycles. The third-order valence-corrected chi connectivity index (χ3v) is 4.26. The molecule has 0 aliphatic carbocycles. The third-order valence-electron chi connectivity index (χ3n) is 3.91. The molecule has 0 amide bonds. The predicted octanol–water partition coefficient (Wildman–Crippen LogP) is 3.99. The van der Waals surface area contributed by atoms with Crippen molar-refractivity contribution in [2.24, 2.45) is 0 Å². The Morgan fingerprint density at radius 2 is 1.74 bits per heavy atom. The lowest BCUT2D eigenvalue weighted by Gasteiger charge is -2.20. The summed E-state index contributed by atoms with van der Waals surface area (Å²) in [7, 11) is 0. The van der Waals surface area contributed by atoms with Gasteiger partial charge < -0.3 is 10.3 Å². The molecule has 0 spiro atoms. The molecule has 0 fully saturated rings. The molecule has 0 saturated carbocycles. The van der Waals surface area contributed by atoms with Gasteiger partial charge in [-0.1, -0.05) is 41.9 Å². The summed E-state index contributed by atoms with van der Waals surface area (Å²) in [5, 5.41) is 4.75. The molecule has 3 aromatic rings. The highest BCUT2D eigenvalue weighted by Crippen LogP contribution is 2.24. The fourth-order valence-electron chi connectivity index (χ4n) is 2.68. The number of nitrogens with one attached hydrogen (secondary N) is 2. The molecule has 1 heterocycles. The second-order valence-corrected chi connectivity index (χ2v) is 6.01. The first-order chi connectivity index (χ1) is 11.1. The number of hydrogen-bond donors (Lipinski definition) is 2. The standard InChI is InChI=1S/C18H18ClN3O/c1-11(13-7-3-5-9-15(13)19)20-12(2)17-21-16-10-6-4-8-14(16)18(23)22-17/h3-12,20H,1-2H3,(H,21,22,23)/t11-,12-/m1/s1. The molecule has 0 aliphatic rings. The van der Waals surface area contributed by atoms with Crippen molar-refractivity contribution in [1.29, 1.82) is 0 Å². The van der Waals surface area contributed by atoms with Crippen molar-refractivity contribution in [1.82, 2.24) is 15.3 Å². The summed E-state index contributed by atoms with van der Waals surface area (Å²) in [6.45, 7) is 4.01. The van der Waals surface area contributed by atoms with Crippen molar-refractivity contribution in [2.45, 2.75) is 25.9 Å². The number of para-hydroxylation sites is 1. The smallest absolute Gasteiger partial charge is 0.258 e. The third kappa shape index (κ3) is 3.28. The van der Waals surface area contributed by atoms with Gasteiger partial charge in [-0.25, -0.2) is 4.98 Å². The van der Waals surface area contributed by atoms with Gasteiger partial charge in [-0.15, -0.1) is 0 Å². The molecule has 2 atom stereocenters. The summed E-state index contributed by atoms with van der Waals surface area (Å²) in [5.41, 5.74) is 1.60. The fraction of sp³-hybridized carbons (Fsp3) is 0.222. The van der Waals surface area contributed by atoms with E-state index in [0.717, 1.165) is 10.6 Å². The van der Waals surface area contributed by atoms with E-state index in [2.05, 4.69) is 15.3 Å². The van der Waals surface area contributed by atoms with E-state index in [4.69, 9.17) is 11.6 Å². The predicted molar refractivity (Wildman–Crippen MR) is 93.8 cm³/mol. The Kier molecular flexibility index (Phi) is 4.46. The molecule has 0 unspecified atom stereocenters. The molecule has 2 aromatic carbocycles. The van der Waals surface area contributed by atoms with Gasteiger partial charge in [0.25, 0.3) is 5.56 Å². The van der Waals surface area contributed by atoms with Crippen LogP contribution in [-0.2, 0) is 0 Å². The van der Waals surface area contributed by atoms with Crippen LogP contribution < -0.4 is 10.9 Å². The summed E-state index contributed by atoms with van der Waals surface area (Å²) >= 11 is 6.24. The minimum atomic E-state index is -0.121. The number of hydrogen-bond acceptors (Lipinski definition) is 3. The minimum Gasteiger partial charge on any atom is -0.309 e. The first kappa shape index (κ1) is 15.7. The fourth-order valence-corrected chi connectivity index (χ4v) is 2.98. The quantitative estimate of drug-likeness (QED) is 0.761. The van der Waals surface area contributed by atoms with E-state index in [1.807, 2.05) is 56.3 Å². The monoisotopic (exact) mass is 327 g/mol. The summed E-state index contributed by atoms with van der Waals surface area (Å²) in [6, 6.07) is 15.0. The lowest BCUT2D eigenvalue weighted by atomic mass is 10.1. The molecule has 23 heavy (non-hydrogen) atoms. The normalized spacial score (nSPS) is 13.9. The highest BCUT2D eigenvalue weighted by Gasteiger charge is 2.15. The molecule has 1 aromatic heterocycles. The first-order valence-electron chi connectivity index (χ1n) is 7.55. The maximum Gasteiger partial charge on any atom is 0.258 e. The van der Waals surface area contributed by atoms with Crippen molar-refractivity contribution in [2.75, 3.05) is 0 Å².